The molecule has 2 aromatic carbocycles. The Morgan fingerprint density at radius 2 is 1.58 bits per heavy atom. The van der Waals surface area contributed by atoms with Crippen molar-refractivity contribution in [2.75, 3.05) is 22.5 Å². The average molecular weight is 414 g/mol. The van der Waals surface area contributed by atoms with E-state index < -0.39 is 0 Å². The maximum atomic E-state index is 6.52. The van der Waals surface area contributed by atoms with E-state index in [9.17, 15) is 0 Å². The molecule has 0 aliphatic carbocycles. The summed E-state index contributed by atoms with van der Waals surface area (Å²) in [6, 6.07) is 20.7. The van der Waals surface area contributed by atoms with Gasteiger partial charge in [0.25, 0.3) is 0 Å². The SMILES string of the molecule is Nc1c(NCCCn2ccnc2)ncnc1N(Cc1ccccc1)Cc1ccccc1. The van der Waals surface area contributed by atoms with E-state index in [1.54, 1.807) is 12.5 Å². The third-order valence-electron chi connectivity index (χ3n) is 5.04. The van der Waals surface area contributed by atoms with E-state index in [1.807, 2.05) is 48.9 Å². The van der Waals surface area contributed by atoms with E-state index in [2.05, 4.69) is 54.0 Å². The summed E-state index contributed by atoms with van der Waals surface area (Å²) in [6.07, 6.45) is 8.08. The first kappa shape index (κ1) is 20.4. The summed E-state index contributed by atoms with van der Waals surface area (Å²) < 4.78 is 2.05. The van der Waals surface area contributed by atoms with Gasteiger partial charge in [0.2, 0.25) is 0 Å². The van der Waals surface area contributed by atoms with Gasteiger partial charge >= 0.3 is 0 Å². The zero-order valence-electron chi connectivity index (χ0n) is 17.4. The second kappa shape index (κ2) is 10.2. The molecule has 4 rings (SSSR count). The van der Waals surface area contributed by atoms with E-state index in [0.717, 1.165) is 25.3 Å². The zero-order valence-corrected chi connectivity index (χ0v) is 17.4. The second-order valence-corrected chi connectivity index (χ2v) is 7.37. The molecule has 0 unspecified atom stereocenters. The maximum Gasteiger partial charge on any atom is 0.158 e. The van der Waals surface area contributed by atoms with Crippen molar-refractivity contribution in [1.82, 2.24) is 19.5 Å². The van der Waals surface area contributed by atoms with Gasteiger partial charge in [-0.1, -0.05) is 60.7 Å². The standard InChI is InChI=1S/C24H27N7/c25-22-23(27-12-7-14-30-15-13-26-19-30)28-18-29-24(22)31(16-20-8-3-1-4-9-20)17-21-10-5-2-6-11-21/h1-6,8-11,13,15,18-19H,7,12,14,16-17,25H2,(H,27,28,29). The molecule has 0 atom stereocenters. The Labute approximate surface area is 182 Å². The summed E-state index contributed by atoms with van der Waals surface area (Å²) in [7, 11) is 0. The van der Waals surface area contributed by atoms with Crippen LogP contribution in [0, 0.1) is 0 Å². The van der Waals surface area contributed by atoms with Crippen LogP contribution in [-0.4, -0.2) is 26.1 Å². The predicted molar refractivity (Wildman–Crippen MR) is 125 cm³/mol. The van der Waals surface area contributed by atoms with Crippen molar-refractivity contribution in [3.05, 3.63) is 96.8 Å². The van der Waals surface area contributed by atoms with Crippen LogP contribution in [-0.2, 0) is 19.6 Å². The molecule has 3 N–H and O–H groups in total. The van der Waals surface area contributed by atoms with Crippen LogP contribution in [0.15, 0.2) is 85.7 Å². The Balaban J connectivity index is 1.50. The lowest BCUT2D eigenvalue weighted by Gasteiger charge is -2.26. The summed E-state index contributed by atoms with van der Waals surface area (Å²) in [5.74, 6) is 1.40. The van der Waals surface area contributed by atoms with Gasteiger partial charge in [0.15, 0.2) is 11.6 Å². The van der Waals surface area contributed by atoms with E-state index in [1.165, 1.54) is 11.1 Å². The zero-order chi connectivity index (χ0) is 21.3. The van der Waals surface area contributed by atoms with Gasteiger partial charge in [-0.3, -0.25) is 0 Å². The number of nitrogens with zero attached hydrogens (tertiary/aromatic N) is 5. The van der Waals surface area contributed by atoms with Gasteiger partial charge in [-0.05, 0) is 17.5 Å². The predicted octanol–water partition coefficient (Wildman–Crippen LogP) is 3.96. The number of aromatic nitrogens is 4. The molecular formula is C24H27N7. The Bertz CT molecular complexity index is 1010. The van der Waals surface area contributed by atoms with Gasteiger partial charge in [0, 0.05) is 38.6 Å². The van der Waals surface area contributed by atoms with E-state index in [4.69, 9.17) is 5.73 Å². The Morgan fingerprint density at radius 1 is 0.903 bits per heavy atom. The molecule has 0 spiro atoms. The van der Waals surface area contributed by atoms with Gasteiger partial charge in [-0.15, -0.1) is 0 Å². The minimum atomic E-state index is 0.567. The van der Waals surface area contributed by atoms with Crippen LogP contribution in [0.1, 0.15) is 17.5 Å². The molecule has 2 heterocycles. The number of rotatable bonds is 10. The molecule has 0 fully saturated rings. The number of hydrogen-bond donors (Lipinski definition) is 2. The van der Waals surface area contributed by atoms with E-state index in [-0.39, 0.29) is 0 Å². The lowest BCUT2D eigenvalue weighted by Crippen LogP contribution is -2.25. The first-order chi connectivity index (χ1) is 15.3. The highest BCUT2D eigenvalue weighted by Crippen LogP contribution is 2.28. The fourth-order valence-corrected chi connectivity index (χ4v) is 3.48. The van der Waals surface area contributed by atoms with Crippen LogP contribution in [0.25, 0.3) is 0 Å². The van der Waals surface area contributed by atoms with Crippen molar-refractivity contribution in [3.63, 3.8) is 0 Å². The Kier molecular flexibility index (Phi) is 6.74. The molecule has 0 aliphatic heterocycles. The fraction of sp³-hybridized carbons (Fsp3) is 0.208. The maximum absolute atomic E-state index is 6.52. The van der Waals surface area contributed by atoms with Gasteiger partial charge in [-0.2, -0.15) is 0 Å². The van der Waals surface area contributed by atoms with Gasteiger partial charge in [-0.25, -0.2) is 15.0 Å². The third-order valence-corrected chi connectivity index (χ3v) is 5.04. The molecule has 0 bridgehead atoms. The second-order valence-electron chi connectivity index (χ2n) is 7.37. The largest absolute Gasteiger partial charge is 0.393 e. The minimum Gasteiger partial charge on any atom is -0.393 e. The molecule has 0 radical (unpaired) electrons. The quantitative estimate of drug-likeness (QED) is 0.383. The smallest absolute Gasteiger partial charge is 0.158 e. The van der Waals surface area contributed by atoms with Crippen LogP contribution < -0.4 is 16.0 Å². The highest BCUT2D eigenvalue weighted by molar-refractivity contribution is 5.75. The summed E-state index contributed by atoms with van der Waals surface area (Å²) in [5.41, 5.74) is 9.49. The van der Waals surface area contributed by atoms with Crippen molar-refractivity contribution < 1.29 is 0 Å². The number of nitrogen functional groups attached to an aromatic ring is 1. The average Bonchev–Trinajstić information content (AvgIpc) is 3.32. The molecule has 0 aliphatic rings. The molecule has 158 valence electrons. The number of anilines is 3. The van der Waals surface area contributed by atoms with Crippen molar-refractivity contribution in [2.24, 2.45) is 0 Å². The Hall–Kier alpha value is -3.87. The third kappa shape index (κ3) is 5.60. The first-order valence-electron chi connectivity index (χ1n) is 10.4. The number of benzene rings is 2. The van der Waals surface area contributed by atoms with Crippen LogP contribution >= 0.6 is 0 Å². The van der Waals surface area contributed by atoms with Gasteiger partial charge in [0.1, 0.15) is 12.0 Å². The van der Waals surface area contributed by atoms with Crippen molar-refractivity contribution in [1.29, 1.82) is 0 Å². The summed E-state index contributed by atoms with van der Waals surface area (Å²) in [4.78, 5) is 15.2. The molecular weight excluding hydrogens is 386 g/mol. The Morgan fingerprint density at radius 3 is 2.19 bits per heavy atom. The molecule has 2 aromatic heterocycles. The number of nitrogens with one attached hydrogen (secondary N) is 1. The molecule has 4 aromatic rings. The molecule has 31 heavy (non-hydrogen) atoms. The van der Waals surface area contributed by atoms with Gasteiger partial charge < -0.3 is 20.5 Å². The van der Waals surface area contributed by atoms with Gasteiger partial charge in [0.05, 0.1) is 6.33 Å². The summed E-state index contributed by atoms with van der Waals surface area (Å²) >= 11 is 0. The van der Waals surface area contributed by atoms with Crippen molar-refractivity contribution >= 4 is 17.3 Å². The fourth-order valence-electron chi connectivity index (χ4n) is 3.48. The topological polar surface area (TPSA) is 84.9 Å². The highest BCUT2D eigenvalue weighted by atomic mass is 15.2. The molecule has 0 saturated carbocycles. The highest BCUT2D eigenvalue weighted by Gasteiger charge is 2.16. The van der Waals surface area contributed by atoms with Crippen molar-refractivity contribution in [2.45, 2.75) is 26.1 Å². The van der Waals surface area contributed by atoms with Crippen LogP contribution in [0.3, 0.4) is 0 Å². The monoisotopic (exact) mass is 413 g/mol. The lowest BCUT2D eigenvalue weighted by atomic mass is 10.1. The minimum absolute atomic E-state index is 0.567. The summed E-state index contributed by atoms with van der Waals surface area (Å²) in [5, 5.41) is 3.36. The van der Waals surface area contributed by atoms with Crippen LogP contribution in [0.4, 0.5) is 17.3 Å². The number of hydrogen-bond acceptors (Lipinski definition) is 6. The number of aryl methyl sites for hydroxylation is 1. The van der Waals surface area contributed by atoms with Crippen LogP contribution in [0.2, 0.25) is 0 Å². The van der Waals surface area contributed by atoms with E-state index in [0.29, 0.717) is 24.6 Å². The van der Waals surface area contributed by atoms with Crippen molar-refractivity contribution in [3.8, 4) is 0 Å². The summed E-state index contributed by atoms with van der Waals surface area (Å²) in [6.45, 7) is 3.06. The molecule has 7 nitrogen and oxygen atoms in total. The number of imidazole rings is 1. The van der Waals surface area contributed by atoms with Crippen LogP contribution in [0.5, 0.6) is 0 Å². The number of nitrogens with two attached hydrogens (primary N) is 1. The molecule has 0 amide bonds. The first-order valence-corrected chi connectivity index (χ1v) is 10.4. The lowest BCUT2D eigenvalue weighted by molar-refractivity contribution is 0.660. The normalized spacial score (nSPS) is 10.7. The molecule has 0 saturated heterocycles. The molecule has 7 heteroatoms. The van der Waals surface area contributed by atoms with E-state index >= 15 is 0 Å².